The molecule has 2 aliphatic rings. The van der Waals surface area contributed by atoms with E-state index in [1.165, 1.54) is 0 Å². The molecular weight excluding hydrogens is 192 g/mol. The Bertz CT molecular complexity index is 252. The van der Waals surface area contributed by atoms with Crippen molar-refractivity contribution in [1.82, 2.24) is 10.2 Å². The predicted molar refractivity (Wildman–Crippen MR) is 57.8 cm³/mol. The lowest BCUT2D eigenvalue weighted by atomic mass is 10.1. The van der Waals surface area contributed by atoms with Gasteiger partial charge in [0.05, 0.1) is 6.04 Å². The minimum absolute atomic E-state index is 0.142. The molecule has 0 aromatic heterocycles. The van der Waals surface area contributed by atoms with Gasteiger partial charge in [-0.1, -0.05) is 0 Å². The Morgan fingerprint density at radius 1 is 1.27 bits per heavy atom. The van der Waals surface area contributed by atoms with Gasteiger partial charge in [-0.2, -0.15) is 0 Å². The molecule has 1 amide bonds. The molecule has 0 radical (unpaired) electrons. The van der Waals surface area contributed by atoms with Crippen molar-refractivity contribution in [2.45, 2.75) is 51.3 Å². The minimum atomic E-state index is -0.388. The first-order chi connectivity index (χ1) is 6.97. The van der Waals surface area contributed by atoms with Crippen molar-refractivity contribution in [3.8, 4) is 0 Å². The monoisotopic (exact) mass is 212 g/mol. The maximum absolute atomic E-state index is 12.0. The highest BCUT2D eigenvalue weighted by Crippen LogP contribution is 2.31. The lowest BCUT2D eigenvalue weighted by Crippen LogP contribution is -2.60. The van der Waals surface area contributed by atoms with Crippen LogP contribution in [0.15, 0.2) is 0 Å². The molecule has 0 unspecified atom stereocenters. The standard InChI is InChI=1S/C11H20N2O2/c1-11(2,3)15-10(14)13(8-4-5-8)9-6-12-7-9/h8-9,12H,4-7H2,1-3H3. The SMILES string of the molecule is CC(C)(C)OC(=O)N(C1CC1)C1CNC1. The molecule has 1 saturated carbocycles. The molecule has 1 aliphatic carbocycles. The van der Waals surface area contributed by atoms with Crippen LogP contribution in [0.1, 0.15) is 33.6 Å². The summed E-state index contributed by atoms with van der Waals surface area (Å²) in [6.45, 7) is 7.56. The van der Waals surface area contributed by atoms with E-state index >= 15 is 0 Å². The molecule has 4 heteroatoms. The van der Waals surface area contributed by atoms with Crippen molar-refractivity contribution >= 4 is 6.09 Å². The summed E-state index contributed by atoms with van der Waals surface area (Å²) in [7, 11) is 0. The lowest BCUT2D eigenvalue weighted by molar-refractivity contribution is 0.00810. The Hall–Kier alpha value is -0.770. The molecular formula is C11H20N2O2. The van der Waals surface area contributed by atoms with Crippen LogP contribution in [-0.4, -0.2) is 41.8 Å². The first-order valence-electron chi connectivity index (χ1n) is 5.69. The average molecular weight is 212 g/mol. The second-order valence-corrected chi connectivity index (χ2v) is 5.43. The van der Waals surface area contributed by atoms with Crippen molar-refractivity contribution in [2.24, 2.45) is 0 Å². The highest BCUT2D eigenvalue weighted by Gasteiger charge is 2.41. The predicted octanol–water partition coefficient (Wildman–Crippen LogP) is 1.36. The van der Waals surface area contributed by atoms with Gasteiger partial charge in [-0.05, 0) is 33.6 Å². The number of ether oxygens (including phenoxy) is 1. The summed E-state index contributed by atoms with van der Waals surface area (Å²) < 4.78 is 5.42. The van der Waals surface area contributed by atoms with Gasteiger partial charge in [0, 0.05) is 19.1 Å². The second kappa shape index (κ2) is 3.67. The van der Waals surface area contributed by atoms with E-state index in [9.17, 15) is 4.79 Å². The summed E-state index contributed by atoms with van der Waals surface area (Å²) in [4.78, 5) is 13.9. The summed E-state index contributed by atoms with van der Waals surface area (Å²) in [5, 5.41) is 3.19. The van der Waals surface area contributed by atoms with E-state index < -0.39 is 0 Å². The zero-order chi connectivity index (χ0) is 11.1. The Kier molecular flexibility index (Phi) is 2.63. The van der Waals surface area contributed by atoms with Crippen molar-refractivity contribution in [3.63, 3.8) is 0 Å². The molecule has 1 aliphatic heterocycles. The molecule has 4 nitrogen and oxygen atoms in total. The van der Waals surface area contributed by atoms with Crippen molar-refractivity contribution in [3.05, 3.63) is 0 Å². The van der Waals surface area contributed by atoms with Crippen molar-refractivity contribution in [2.75, 3.05) is 13.1 Å². The van der Waals surface area contributed by atoms with Gasteiger partial charge in [0.2, 0.25) is 0 Å². The summed E-state index contributed by atoms with van der Waals surface area (Å²) in [6.07, 6.45) is 2.13. The van der Waals surface area contributed by atoms with Crippen LogP contribution < -0.4 is 5.32 Å². The topological polar surface area (TPSA) is 41.6 Å². The van der Waals surface area contributed by atoms with E-state index in [0.717, 1.165) is 25.9 Å². The van der Waals surface area contributed by atoms with E-state index in [1.54, 1.807) is 0 Å². The molecule has 15 heavy (non-hydrogen) atoms. The van der Waals surface area contributed by atoms with Crippen molar-refractivity contribution in [1.29, 1.82) is 0 Å². The largest absolute Gasteiger partial charge is 0.444 e. The van der Waals surface area contributed by atoms with Crippen LogP contribution >= 0.6 is 0 Å². The molecule has 0 aromatic carbocycles. The molecule has 1 saturated heterocycles. The molecule has 2 fully saturated rings. The van der Waals surface area contributed by atoms with Crippen molar-refractivity contribution < 1.29 is 9.53 Å². The zero-order valence-electron chi connectivity index (χ0n) is 9.75. The highest BCUT2D eigenvalue weighted by molar-refractivity contribution is 5.69. The highest BCUT2D eigenvalue weighted by atomic mass is 16.6. The second-order valence-electron chi connectivity index (χ2n) is 5.43. The Labute approximate surface area is 91.0 Å². The third kappa shape index (κ3) is 2.62. The molecule has 1 N–H and O–H groups in total. The maximum atomic E-state index is 12.0. The minimum Gasteiger partial charge on any atom is -0.444 e. The normalized spacial score (nSPS) is 22.1. The maximum Gasteiger partial charge on any atom is 0.410 e. The van der Waals surface area contributed by atoms with Gasteiger partial charge >= 0.3 is 6.09 Å². The first-order valence-corrected chi connectivity index (χ1v) is 5.69. The third-order valence-corrected chi connectivity index (χ3v) is 2.70. The summed E-state index contributed by atoms with van der Waals surface area (Å²) in [5.41, 5.74) is -0.388. The number of hydrogen-bond donors (Lipinski definition) is 1. The average Bonchev–Trinajstić information content (AvgIpc) is 2.74. The molecule has 0 aromatic rings. The van der Waals surface area contributed by atoms with Crippen LogP contribution in [0.4, 0.5) is 4.79 Å². The van der Waals surface area contributed by atoms with Crippen LogP contribution in [0.25, 0.3) is 0 Å². The van der Waals surface area contributed by atoms with Crippen LogP contribution in [-0.2, 0) is 4.74 Å². The summed E-state index contributed by atoms with van der Waals surface area (Å²) in [6, 6.07) is 0.791. The number of carbonyl (C=O) groups is 1. The number of amides is 1. The molecule has 0 spiro atoms. The summed E-state index contributed by atoms with van der Waals surface area (Å²) in [5.74, 6) is 0. The van der Waals surface area contributed by atoms with Gasteiger partial charge in [0.15, 0.2) is 0 Å². The van der Waals surface area contributed by atoms with E-state index in [2.05, 4.69) is 5.32 Å². The van der Waals surface area contributed by atoms with Gasteiger partial charge < -0.3 is 10.1 Å². The van der Waals surface area contributed by atoms with Gasteiger partial charge in [-0.25, -0.2) is 4.79 Å². The van der Waals surface area contributed by atoms with Crippen LogP contribution in [0.5, 0.6) is 0 Å². The van der Waals surface area contributed by atoms with E-state index in [4.69, 9.17) is 4.74 Å². The van der Waals surface area contributed by atoms with Gasteiger partial charge in [0.25, 0.3) is 0 Å². The quantitative estimate of drug-likeness (QED) is 0.751. The first kappa shape index (κ1) is 10.7. The van der Waals surface area contributed by atoms with E-state index in [1.807, 2.05) is 25.7 Å². The van der Waals surface area contributed by atoms with Crippen LogP contribution in [0.3, 0.4) is 0 Å². The van der Waals surface area contributed by atoms with Gasteiger partial charge in [-0.15, -0.1) is 0 Å². The fourth-order valence-corrected chi connectivity index (χ4v) is 1.73. The zero-order valence-corrected chi connectivity index (χ0v) is 9.75. The number of nitrogens with one attached hydrogen (secondary N) is 1. The van der Waals surface area contributed by atoms with E-state index in [-0.39, 0.29) is 11.7 Å². The number of carbonyl (C=O) groups excluding carboxylic acids is 1. The Morgan fingerprint density at radius 2 is 1.87 bits per heavy atom. The summed E-state index contributed by atoms with van der Waals surface area (Å²) >= 11 is 0. The molecule has 86 valence electrons. The smallest absolute Gasteiger partial charge is 0.410 e. The number of nitrogens with zero attached hydrogens (tertiary/aromatic N) is 1. The molecule has 0 atom stereocenters. The third-order valence-electron chi connectivity index (χ3n) is 2.70. The van der Waals surface area contributed by atoms with Gasteiger partial charge in [0.1, 0.15) is 5.60 Å². The van der Waals surface area contributed by atoms with Crippen LogP contribution in [0, 0.1) is 0 Å². The fraction of sp³-hybridized carbons (Fsp3) is 0.909. The van der Waals surface area contributed by atoms with Gasteiger partial charge in [-0.3, -0.25) is 4.90 Å². The number of hydrogen-bond acceptors (Lipinski definition) is 3. The Morgan fingerprint density at radius 3 is 2.20 bits per heavy atom. The lowest BCUT2D eigenvalue weighted by Gasteiger charge is -2.39. The molecule has 2 rings (SSSR count). The molecule has 1 heterocycles. The fourth-order valence-electron chi connectivity index (χ4n) is 1.73. The Balaban J connectivity index is 1.94. The van der Waals surface area contributed by atoms with Crippen LogP contribution in [0.2, 0.25) is 0 Å². The van der Waals surface area contributed by atoms with E-state index in [0.29, 0.717) is 12.1 Å². The molecule has 0 bridgehead atoms. The number of rotatable bonds is 2.